The molecule has 1 aliphatic rings. The van der Waals surface area contributed by atoms with E-state index in [0.29, 0.717) is 12.1 Å². The van der Waals surface area contributed by atoms with E-state index in [1.807, 2.05) is 31.2 Å². The lowest BCUT2D eigenvalue weighted by Gasteiger charge is -2.32. The average molecular weight is 463 g/mol. The molecule has 5 nitrogen and oxygen atoms in total. The zero-order chi connectivity index (χ0) is 24.1. The van der Waals surface area contributed by atoms with E-state index in [0.717, 1.165) is 42.5 Å². The number of halogens is 3. The fraction of sp³-hybridized carbons (Fsp3) is 0.440. The lowest BCUT2D eigenvalue weighted by Crippen LogP contribution is -2.46. The summed E-state index contributed by atoms with van der Waals surface area (Å²) in [4.78, 5) is 18.0. The fourth-order valence-corrected chi connectivity index (χ4v) is 3.89. The van der Waals surface area contributed by atoms with Crippen LogP contribution in [0.4, 0.5) is 13.2 Å². The van der Waals surface area contributed by atoms with Crippen molar-refractivity contribution in [3.05, 3.63) is 70.8 Å². The molecule has 1 aliphatic heterocycles. The van der Waals surface area contributed by atoms with Gasteiger partial charge in [-0.3, -0.25) is 0 Å². The van der Waals surface area contributed by atoms with Crippen LogP contribution in [0.25, 0.3) is 0 Å². The molecule has 2 aromatic carbocycles. The summed E-state index contributed by atoms with van der Waals surface area (Å²) in [6.07, 6.45) is -2.23. The van der Waals surface area contributed by atoms with Gasteiger partial charge in [0.25, 0.3) is 5.60 Å². The highest BCUT2D eigenvalue weighted by molar-refractivity contribution is 5.93. The van der Waals surface area contributed by atoms with Crippen molar-refractivity contribution in [2.45, 2.75) is 70.4 Å². The van der Waals surface area contributed by atoms with Gasteiger partial charge in [-0.05, 0) is 48.6 Å². The highest BCUT2D eigenvalue weighted by Gasteiger charge is 2.55. The summed E-state index contributed by atoms with van der Waals surface area (Å²) in [5.74, 6) is -1.27. The number of ether oxygens (including phenoxy) is 1. The molecule has 0 saturated heterocycles. The highest BCUT2D eigenvalue weighted by atomic mass is 19.4. The third-order valence-corrected chi connectivity index (χ3v) is 5.87. The minimum absolute atomic E-state index is 0.00546. The van der Waals surface area contributed by atoms with Gasteiger partial charge in [0.05, 0.1) is 17.9 Å². The molecule has 0 aromatic heterocycles. The van der Waals surface area contributed by atoms with Crippen LogP contribution in [-0.4, -0.2) is 22.4 Å². The molecular formula is C25H28F3NO4. The van der Waals surface area contributed by atoms with Crippen LogP contribution >= 0.6 is 0 Å². The second kappa shape index (κ2) is 10.4. The van der Waals surface area contributed by atoms with Gasteiger partial charge in [-0.2, -0.15) is 13.2 Å². The number of nitrogens with zero attached hydrogens (tertiary/aromatic N) is 1. The van der Waals surface area contributed by atoms with E-state index in [1.165, 1.54) is 12.1 Å². The van der Waals surface area contributed by atoms with E-state index in [9.17, 15) is 23.1 Å². The number of carbonyl (C=O) groups is 1. The van der Waals surface area contributed by atoms with E-state index in [1.54, 1.807) is 0 Å². The smallest absolute Gasteiger partial charge is 0.416 e. The summed E-state index contributed by atoms with van der Waals surface area (Å²) in [5, 5.41) is 14.2. The third-order valence-electron chi connectivity index (χ3n) is 5.87. The Bertz CT molecular complexity index is 988. The number of hydrogen-bond acceptors (Lipinski definition) is 4. The lowest BCUT2D eigenvalue weighted by atomic mass is 9.85. The number of benzene rings is 2. The van der Waals surface area contributed by atoms with Crippen molar-refractivity contribution in [2.24, 2.45) is 5.16 Å². The summed E-state index contributed by atoms with van der Waals surface area (Å²) in [6.45, 7) is 4.04. The molecule has 1 N–H and O–H groups in total. The average Bonchev–Trinajstić information content (AvgIpc) is 3.20. The Balaban J connectivity index is 1.92. The van der Waals surface area contributed by atoms with Crippen LogP contribution < -0.4 is 0 Å². The molecule has 178 valence electrons. The second-order valence-electron chi connectivity index (χ2n) is 8.31. The number of aryl methyl sites for hydroxylation is 1. The Labute approximate surface area is 191 Å². The first-order valence-corrected chi connectivity index (χ1v) is 11.0. The zero-order valence-electron chi connectivity index (χ0n) is 18.7. The molecule has 8 heteroatoms. The number of rotatable bonds is 10. The molecule has 0 bridgehead atoms. The van der Waals surface area contributed by atoms with Crippen molar-refractivity contribution in [1.82, 2.24) is 0 Å². The summed E-state index contributed by atoms with van der Waals surface area (Å²) in [5.41, 5.74) is 0.0153. The van der Waals surface area contributed by atoms with E-state index in [4.69, 9.17) is 9.57 Å². The molecule has 33 heavy (non-hydrogen) atoms. The van der Waals surface area contributed by atoms with Crippen molar-refractivity contribution in [2.75, 3.05) is 0 Å². The van der Waals surface area contributed by atoms with Crippen molar-refractivity contribution < 1.29 is 32.6 Å². The van der Waals surface area contributed by atoms with Gasteiger partial charge in [0.2, 0.25) is 0 Å². The Hall–Kier alpha value is -2.87. The Morgan fingerprint density at radius 3 is 2.48 bits per heavy atom. The van der Waals surface area contributed by atoms with Gasteiger partial charge < -0.3 is 14.7 Å². The normalized spacial score (nSPS) is 19.1. The molecule has 0 saturated carbocycles. The first-order valence-electron chi connectivity index (χ1n) is 11.0. The van der Waals surface area contributed by atoms with E-state index >= 15 is 0 Å². The Morgan fingerprint density at radius 2 is 1.88 bits per heavy atom. The largest absolute Gasteiger partial charge is 0.478 e. The topological polar surface area (TPSA) is 68.1 Å². The van der Waals surface area contributed by atoms with Gasteiger partial charge in [0.1, 0.15) is 6.10 Å². The van der Waals surface area contributed by atoms with E-state index < -0.39 is 29.4 Å². The van der Waals surface area contributed by atoms with Gasteiger partial charge in [-0.15, -0.1) is 0 Å². The molecule has 0 spiro atoms. The van der Waals surface area contributed by atoms with Crippen LogP contribution in [0.5, 0.6) is 0 Å². The predicted molar refractivity (Wildman–Crippen MR) is 118 cm³/mol. The molecule has 2 aromatic rings. The van der Waals surface area contributed by atoms with E-state index in [-0.39, 0.29) is 18.6 Å². The summed E-state index contributed by atoms with van der Waals surface area (Å²) < 4.78 is 45.3. The predicted octanol–water partition coefficient (Wildman–Crippen LogP) is 6.45. The second-order valence-corrected chi connectivity index (χ2v) is 8.31. The highest BCUT2D eigenvalue weighted by Crippen LogP contribution is 2.42. The van der Waals surface area contributed by atoms with Crippen molar-refractivity contribution >= 4 is 11.7 Å². The molecule has 0 aliphatic carbocycles. The number of carboxylic acids is 1. The Kier molecular flexibility index (Phi) is 7.79. The SMILES string of the molecule is CCCCCC1=NOC(C(=O)O)(C(OCc2ccccc2C)c2ccc(C(F)(F)F)cc2)C1. The first-order chi connectivity index (χ1) is 15.7. The van der Waals surface area contributed by atoms with Gasteiger partial charge in [0.15, 0.2) is 0 Å². The van der Waals surface area contributed by atoms with Crippen molar-refractivity contribution in [1.29, 1.82) is 0 Å². The lowest BCUT2D eigenvalue weighted by molar-refractivity contribution is -0.187. The quantitative estimate of drug-likeness (QED) is 0.411. The third kappa shape index (κ3) is 5.74. The number of hydrogen-bond donors (Lipinski definition) is 1. The minimum atomic E-state index is -4.50. The van der Waals surface area contributed by atoms with Gasteiger partial charge in [-0.1, -0.05) is 61.3 Å². The number of alkyl halides is 3. The number of carboxylic acid groups (broad SMARTS) is 1. The zero-order valence-corrected chi connectivity index (χ0v) is 18.7. The van der Waals surface area contributed by atoms with Crippen LogP contribution in [0, 0.1) is 6.92 Å². The van der Waals surface area contributed by atoms with Crippen molar-refractivity contribution in [3.63, 3.8) is 0 Å². The monoisotopic (exact) mass is 463 g/mol. The number of oxime groups is 1. The number of aliphatic carboxylic acids is 1. The van der Waals surface area contributed by atoms with Gasteiger partial charge >= 0.3 is 12.1 Å². The molecule has 0 radical (unpaired) electrons. The standard InChI is InChI=1S/C25H28F3NO4/c1-3-4-5-10-21-15-24(23(30)31,33-29-21)22(32-16-19-9-7-6-8-17(19)2)18-11-13-20(14-12-18)25(26,27)28/h6-9,11-14,22H,3-5,10,15-16H2,1-2H3,(H,30,31). The Morgan fingerprint density at radius 1 is 1.18 bits per heavy atom. The first kappa shape index (κ1) is 24.8. The molecule has 0 fully saturated rings. The van der Waals surface area contributed by atoms with Crippen molar-refractivity contribution in [3.8, 4) is 0 Å². The van der Waals surface area contributed by atoms with Crippen LogP contribution in [0.1, 0.15) is 67.4 Å². The van der Waals surface area contributed by atoms with Crippen LogP contribution in [-0.2, 0) is 27.2 Å². The molecule has 1 heterocycles. The number of unbranched alkanes of at least 4 members (excludes halogenated alkanes) is 2. The molecule has 3 rings (SSSR count). The van der Waals surface area contributed by atoms with Crippen LogP contribution in [0.2, 0.25) is 0 Å². The molecule has 0 amide bonds. The van der Waals surface area contributed by atoms with E-state index in [2.05, 4.69) is 12.1 Å². The molecule has 2 unspecified atom stereocenters. The summed E-state index contributed by atoms with van der Waals surface area (Å²) in [6, 6.07) is 11.8. The molecular weight excluding hydrogens is 435 g/mol. The maximum atomic E-state index is 13.1. The van der Waals surface area contributed by atoms with Gasteiger partial charge in [-0.25, -0.2) is 4.79 Å². The molecule has 2 atom stereocenters. The fourth-order valence-electron chi connectivity index (χ4n) is 3.89. The van der Waals surface area contributed by atoms with Gasteiger partial charge in [0, 0.05) is 6.42 Å². The van der Waals surface area contributed by atoms with Crippen LogP contribution in [0.15, 0.2) is 53.7 Å². The van der Waals surface area contributed by atoms with Crippen LogP contribution in [0.3, 0.4) is 0 Å². The minimum Gasteiger partial charge on any atom is -0.478 e. The summed E-state index contributed by atoms with van der Waals surface area (Å²) >= 11 is 0. The maximum absolute atomic E-state index is 13.1. The summed E-state index contributed by atoms with van der Waals surface area (Å²) in [7, 11) is 0. The maximum Gasteiger partial charge on any atom is 0.416 e.